The summed E-state index contributed by atoms with van der Waals surface area (Å²) in [5.74, 6) is 1.42. The van der Waals surface area contributed by atoms with Gasteiger partial charge in [0.1, 0.15) is 6.29 Å². The van der Waals surface area contributed by atoms with Crippen molar-refractivity contribution in [3.63, 3.8) is 0 Å². The first-order valence-corrected chi connectivity index (χ1v) is 6.33. The van der Waals surface area contributed by atoms with Gasteiger partial charge in [-0.3, -0.25) is 0 Å². The Labute approximate surface area is 106 Å². The number of halogens is 1. The van der Waals surface area contributed by atoms with Gasteiger partial charge in [0, 0.05) is 19.5 Å². The molecule has 1 fully saturated rings. The van der Waals surface area contributed by atoms with Gasteiger partial charge in [0.05, 0.1) is 17.4 Å². The molecular weight excluding hydrogens is 238 g/mol. The molecule has 1 aromatic heterocycles. The van der Waals surface area contributed by atoms with Crippen molar-refractivity contribution in [2.45, 2.75) is 25.7 Å². The molecule has 0 spiro atoms. The third kappa shape index (κ3) is 3.40. The van der Waals surface area contributed by atoms with E-state index in [2.05, 4.69) is 14.9 Å². The van der Waals surface area contributed by atoms with E-state index in [9.17, 15) is 4.79 Å². The van der Waals surface area contributed by atoms with Crippen LogP contribution in [0.3, 0.4) is 0 Å². The summed E-state index contributed by atoms with van der Waals surface area (Å²) in [6, 6.07) is 0. The van der Waals surface area contributed by atoms with E-state index in [4.69, 9.17) is 11.6 Å². The second-order valence-corrected chi connectivity index (χ2v) is 4.81. The lowest BCUT2D eigenvalue weighted by Crippen LogP contribution is -2.34. The lowest BCUT2D eigenvalue weighted by Gasteiger charge is -2.31. The van der Waals surface area contributed by atoms with Crippen molar-refractivity contribution in [3.8, 4) is 0 Å². The lowest BCUT2D eigenvalue weighted by molar-refractivity contribution is -0.108. The molecule has 5 heteroatoms. The molecule has 4 nitrogen and oxygen atoms in total. The van der Waals surface area contributed by atoms with Crippen LogP contribution in [0.1, 0.15) is 25.7 Å². The van der Waals surface area contributed by atoms with Gasteiger partial charge in [-0.15, -0.1) is 0 Å². The van der Waals surface area contributed by atoms with Crippen LogP contribution in [0.15, 0.2) is 12.4 Å². The molecule has 0 bridgehead atoms. The predicted octanol–water partition coefficient (Wildman–Crippen LogP) is 2.33. The van der Waals surface area contributed by atoms with E-state index < -0.39 is 0 Å². The van der Waals surface area contributed by atoms with Crippen molar-refractivity contribution in [2.75, 3.05) is 18.0 Å². The highest BCUT2D eigenvalue weighted by Gasteiger charge is 2.20. The van der Waals surface area contributed by atoms with E-state index >= 15 is 0 Å². The molecule has 0 aliphatic carbocycles. The van der Waals surface area contributed by atoms with Gasteiger partial charge in [0.25, 0.3) is 0 Å². The van der Waals surface area contributed by atoms with Crippen LogP contribution in [0.5, 0.6) is 0 Å². The highest BCUT2D eigenvalue weighted by atomic mass is 35.5. The molecular formula is C12H16ClN3O. The van der Waals surface area contributed by atoms with E-state index in [-0.39, 0.29) is 0 Å². The summed E-state index contributed by atoms with van der Waals surface area (Å²) in [7, 11) is 0. The average molecular weight is 254 g/mol. The highest BCUT2D eigenvalue weighted by molar-refractivity contribution is 6.30. The molecule has 0 unspecified atom stereocenters. The zero-order valence-electron chi connectivity index (χ0n) is 9.68. The van der Waals surface area contributed by atoms with E-state index in [0.717, 1.165) is 44.6 Å². The molecule has 2 heterocycles. The van der Waals surface area contributed by atoms with Gasteiger partial charge in [0.2, 0.25) is 5.95 Å². The van der Waals surface area contributed by atoms with Gasteiger partial charge in [-0.05, 0) is 25.2 Å². The Morgan fingerprint density at radius 1 is 1.35 bits per heavy atom. The third-order valence-electron chi connectivity index (χ3n) is 3.20. The minimum atomic E-state index is 0.564. The summed E-state index contributed by atoms with van der Waals surface area (Å²) in [6.45, 7) is 1.93. The second kappa shape index (κ2) is 5.96. The molecule has 0 atom stereocenters. The quantitative estimate of drug-likeness (QED) is 0.773. The van der Waals surface area contributed by atoms with E-state index in [1.165, 1.54) is 0 Å². The topological polar surface area (TPSA) is 46.1 Å². The zero-order chi connectivity index (χ0) is 12.1. The predicted molar refractivity (Wildman–Crippen MR) is 67.3 cm³/mol. The molecule has 0 amide bonds. The fourth-order valence-corrected chi connectivity index (χ4v) is 2.29. The molecule has 2 rings (SSSR count). The monoisotopic (exact) mass is 253 g/mol. The zero-order valence-corrected chi connectivity index (χ0v) is 10.4. The molecule has 17 heavy (non-hydrogen) atoms. The van der Waals surface area contributed by atoms with Crippen molar-refractivity contribution in [3.05, 3.63) is 17.4 Å². The molecule has 0 saturated carbocycles. The Kier molecular flexibility index (Phi) is 4.31. The second-order valence-electron chi connectivity index (χ2n) is 4.38. The van der Waals surface area contributed by atoms with Gasteiger partial charge in [-0.1, -0.05) is 11.6 Å². The first kappa shape index (κ1) is 12.3. The van der Waals surface area contributed by atoms with Crippen LogP contribution in [-0.2, 0) is 4.79 Å². The van der Waals surface area contributed by atoms with Gasteiger partial charge in [-0.2, -0.15) is 0 Å². The maximum Gasteiger partial charge on any atom is 0.225 e. The summed E-state index contributed by atoms with van der Waals surface area (Å²) in [6.07, 6.45) is 8.18. The number of piperidine rings is 1. The van der Waals surface area contributed by atoms with E-state index in [1.807, 2.05) is 0 Å². The van der Waals surface area contributed by atoms with Gasteiger partial charge < -0.3 is 9.69 Å². The van der Waals surface area contributed by atoms with Crippen LogP contribution >= 0.6 is 11.6 Å². The maximum absolute atomic E-state index is 10.3. The SMILES string of the molecule is O=CCCC1CCN(c2ncc(Cl)cn2)CC1. The molecule has 0 aromatic carbocycles. The summed E-state index contributed by atoms with van der Waals surface area (Å²) >= 11 is 5.75. The smallest absolute Gasteiger partial charge is 0.225 e. The maximum atomic E-state index is 10.3. The normalized spacial score (nSPS) is 17.1. The molecule has 1 aromatic rings. The molecule has 1 saturated heterocycles. The minimum Gasteiger partial charge on any atom is -0.341 e. The molecule has 1 aliphatic heterocycles. The first-order chi connectivity index (χ1) is 8.29. The summed E-state index contributed by atoms with van der Waals surface area (Å²) in [4.78, 5) is 20.9. The van der Waals surface area contributed by atoms with E-state index in [1.54, 1.807) is 12.4 Å². The molecule has 92 valence electrons. The number of carbonyl (C=O) groups excluding carboxylic acids is 1. The first-order valence-electron chi connectivity index (χ1n) is 5.95. The van der Waals surface area contributed by atoms with Crippen molar-refractivity contribution < 1.29 is 4.79 Å². The van der Waals surface area contributed by atoms with Crippen LogP contribution in [0.2, 0.25) is 5.02 Å². The van der Waals surface area contributed by atoms with Crippen LogP contribution in [-0.4, -0.2) is 29.3 Å². The number of nitrogens with zero attached hydrogens (tertiary/aromatic N) is 3. The summed E-state index contributed by atoms with van der Waals surface area (Å²) in [5.41, 5.74) is 0. The van der Waals surface area contributed by atoms with Crippen molar-refractivity contribution in [2.24, 2.45) is 5.92 Å². The number of hydrogen-bond acceptors (Lipinski definition) is 4. The Balaban J connectivity index is 1.86. The number of aromatic nitrogens is 2. The Bertz CT molecular complexity index is 361. The molecule has 0 radical (unpaired) electrons. The fraction of sp³-hybridized carbons (Fsp3) is 0.583. The Hall–Kier alpha value is -1.16. The lowest BCUT2D eigenvalue weighted by atomic mass is 9.92. The van der Waals surface area contributed by atoms with Crippen molar-refractivity contribution >= 4 is 23.8 Å². The number of anilines is 1. The van der Waals surface area contributed by atoms with Crippen LogP contribution in [0, 0.1) is 5.92 Å². The summed E-state index contributed by atoms with van der Waals surface area (Å²) < 4.78 is 0. The van der Waals surface area contributed by atoms with Crippen LogP contribution in [0.25, 0.3) is 0 Å². The minimum absolute atomic E-state index is 0.564. The Morgan fingerprint density at radius 3 is 2.59 bits per heavy atom. The standard InChI is InChI=1S/C12H16ClN3O/c13-11-8-14-12(15-9-11)16-5-3-10(4-6-16)2-1-7-17/h7-10H,1-6H2. The Morgan fingerprint density at radius 2 is 2.00 bits per heavy atom. The fourth-order valence-electron chi connectivity index (χ4n) is 2.19. The molecule has 1 aliphatic rings. The number of carbonyl (C=O) groups is 1. The van der Waals surface area contributed by atoms with Crippen molar-refractivity contribution in [1.82, 2.24) is 9.97 Å². The van der Waals surface area contributed by atoms with Gasteiger partial charge in [0.15, 0.2) is 0 Å². The van der Waals surface area contributed by atoms with E-state index in [0.29, 0.717) is 17.4 Å². The van der Waals surface area contributed by atoms with Gasteiger partial charge >= 0.3 is 0 Å². The summed E-state index contributed by atoms with van der Waals surface area (Å²) in [5, 5.41) is 0.564. The number of hydrogen-bond donors (Lipinski definition) is 0. The van der Waals surface area contributed by atoms with Crippen LogP contribution in [0.4, 0.5) is 5.95 Å². The van der Waals surface area contributed by atoms with Crippen LogP contribution < -0.4 is 4.90 Å². The molecule has 0 N–H and O–H groups in total. The number of aldehydes is 1. The number of rotatable bonds is 4. The highest BCUT2D eigenvalue weighted by Crippen LogP contribution is 2.23. The van der Waals surface area contributed by atoms with Crippen molar-refractivity contribution in [1.29, 1.82) is 0 Å². The van der Waals surface area contributed by atoms with Gasteiger partial charge in [-0.25, -0.2) is 9.97 Å². The average Bonchev–Trinajstić information content (AvgIpc) is 2.38. The largest absolute Gasteiger partial charge is 0.341 e. The third-order valence-corrected chi connectivity index (χ3v) is 3.39.